The minimum atomic E-state index is -0.208. The number of fused-ring (bicyclic) bond motifs is 5. The van der Waals surface area contributed by atoms with E-state index < -0.39 is 0 Å². The van der Waals surface area contributed by atoms with Crippen molar-refractivity contribution in [3.8, 4) is 0 Å². The smallest absolute Gasteiger partial charge is 0.274 e. The second-order valence-corrected chi connectivity index (χ2v) is 9.44. The van der Waals surface area contributed by atoms with Gasteiger partial charge >= 0.3 is 0 Å². The maximum atomic E-state index is 13.3. The Morgan fingerprint density at radius 3 is 2.58 bits per heavy atom. The zero-order valence-corrected chi connectivity index (χ0v) is 19.0. The molecule has 170 valence electrons. The average Bonchev–Trinajstić information content (AvgIpc) is 2.80. The van der Waals surface area contributed by atoms with Crippen molar-refractivity contribution in [3.05, 3.63) is 76.2 Å². The van der Waals surface area contributed by atoms with E-state index in [1.165, 1.54) is 0 Å². The molecule has 3 heterocycles. The number of amides is 2. The molecular weight excluding hydrogens is 416 g/mol. The summed E-state index contributed by atoms with van der Waals surface area (Å²) in [4.78, 5) is 42.2. The zero-order valence-electron chi connectivity index (χ0n) is 19.0. The Hall–Kier alpha value is -3.45. The lowest BCUT2D eigenvalue weighted by Crippen LogP contribution is -2.49. The van der Waals surface area contributed by atoms with Crippen molar-refractivity contribution in [2.45, 2.75) is 18.9 Å². The average molecular weight is 445 g/mol. The Balaban J connectivity index is 1.37. The second kappa shape index (κ2) is 8.48. The summed E-state index contributed by atoms with van der Waals surface area (Å²) in [6.45, 7) is 2.00. The molecule has 0 saturated carbocycles. The van der Waals surface area contributed by atoms with Crippen LogP contribution in [0.15, 0.2) is 59.4 Å². The van der Waals surface area contributed by atoms with Gasteiger partial charge in [0.15, 0.2) is 0 Å². The first-order chi connectivity index (χ1) is 15.9. The molecule has 2 bridgehead atoms. The molecule has 0 spiro atoms. The van der Waals surface area contributed by atoms with Gasteiger partial charge < -0.3 is 19.7 Å². The number of likely N-dealkylation sites (tertiary alicyclic amines) is 1. The van der Waals surface area contributed by atoms with E-state index in [1.807, 2.05) is 67.5 Å². The van der Waals surface area contributed by atoms with Crippen molar-refractivity contribution in [1.82, 2.24) is 14.4 Å². The molecule has 2 aliphatic heterocycles. The number of nitrogens with zero attached hydrogens (tertiary/aromatic N) is 3. The lowest BCUT2D eigenvalue weighted by atomic mass is 9.83. The van der Waals surface area contributed by atoms with Gasteiger partial charge in [-0.15, -0.1) is 0 Å². The summed E-state index contributed by atoms with van der Waals surface area (Å²) < 4.78 is 1.79. The summed E-state index contributed by atoms with van der Waals surface area (Å²) in [6, 6.07) is 17.5. The predicted molar refractivity (Wildman–Crippen MR) is 129 cm³/mol. The number of hydrogen-bond donors (Lipinski definition) is 1. The van der Waals surface area contributed by atoms with Crippen LogP contribution in [0.5, 0.6) is 0 Å². The number of carbonyl (C=O) groups excluding carboxylic acids is 2. The summed E-state index contributed by atoms with van der Waals surface area (Å²) >= 11 is 0. The van der Waals surface area contributed by atoms with E-state index in [2.05, 4.69) is 5.32 Å². The van der Waals surface area contributed by atoms with E-state index in [-0.39, 0.29) is 35.8 Å². The van der Waals surface area contributed by atoms with E-state index in [0.717, 1.165) is 22.9 Å². The van der Waals surface area contributed by atoms with Gasteiger partial charge in [0.2, 0.25) is 5.91 Å². The molecule has 33 heavy (non-hydrogen) atoms. The largest absolute Gasteiger partial charge is 0.338 e. The van der Waals surface area contributed by atoms with Crippen molar-refractivity contribution in [3.63, 3.8) is 0 Å². The van der Waals surface area contributed by atoms with Gasteiger partial charge in [0.1, 0.15) is 5.69 Å². The third-order valence-corrected chi connectivity index (χ3v) is 6.62. The van der Waals surface area contributed by atoms with Crippen LogP contribution in [-0.4, -0.2) is 59.9 Å². The summed E-state index contributed by atoms with van der Waals surface area (Å²) in [5.41, 5.74) is 1.79. The number of piperidine rings is 1. The number of rotatable bonds is 4. The zero-order chi connectivity index (χ0) is 23.1. The molecule has 1 aromatic heterocycles. The minimum absolute atomic E-state index is 0.0406. The lowest BCUT2D eigenvalue weighted by molar-refractivity contribution is -0.116. The fourth-order valence-corrected chi connectivity index (χ4v) is 5.19. The molecule has 2 amide bonds. The summed E-state index contributed by atoms with van der Waals surface area (Å²) in [6.07, 6.45) is 0.966. The first-order valence-electron chi connectivity index (χ1n) is 11.4. The first kappa shape index (κ1) is 21.4. The fourth-order valence-electron chi connectivity index (χ4n) is 5.19. The van der Waals surface area contributed by atoms with E-state index in [1.54, 1.807) is 15.5 Å². The van der Waals surface area contributed by atoms with Gasteiger partial charge in [0.05, 0.1) is 6.54 Å². The van der Waals surface area contributed by atoms with Crippen LogP contribution in [-0.2, 0) is 11.3 Å². The Bertz CT molecular complexity index is 1300. The van der Waals surface area contributed by atoms with Gasteiger partial charge in [-0.25, -0.2) is 0 Å². The van der Waals surface area contributed by atoms with E-state index in [4.69, 9.17) is 0 Å². The van der Waals surface area contributed by atoms with Crippen LogP contribution < -0.4 is 10.9 Å². The molecule has 1 N–H and O–H groups in total. The molecule has 2 unspecified atom stereocenters. The van der Waals surface area contributed by atoms with Crippen LogP contribution in [0.25, 0.3) is 10.8 Å². The second-order valence-electron chi connectivity index (χ2n) is 9.44. The number of pyridine rings is 1. The van der Waals surface area contributed by atoms with Crippen LogP contribution in [0.4, 0.5) is 5.69 Å². The Kier molecular flexibility index (Phi) is 5.50. The highest BCUT2D eigenvalue weighted by atomic mass is 16.2. The number of benzene rings is 2. The van der Waals surface area contributed by atoms with Crippen LogP contribution in [0.3, 0.4) is 0 Å². The summed E-state index contributed by atoms with van der Waals surface area (Å²) in [7, 11) is 3.62. The van der Waals surface area contributed by atoms with Crippen LogP contribution in [0.2, 0.25) is 0 Å². The number of anilines is 1. The minimum Gasteiger partial charge on any atom is -0.338 e. The normalized spacial score (nSPS) is 19.4. The van der Waals surface area contributed by atoms with Gasteiger partial charge in [-0.05, 0) is 61.5 Å². The van der Waals surface area contributed by atoms with Gasteiger partial charge in [-0.2, -0.15) is 0 Å². The third-order valence-electron chi connectivity index (χ3n) is 6.62. The lowest BCUT2D eigenvalue weighted by Gasteiger charge is -2.43. The van der Waals surface area contributed by atoms with E-state index in [0.29, 0.717) is 30.9 Å². The molecule has 5 rings (SSSR count). The molecule has 1 saturated heterocycles. The highest BCUT2D eigenvalue weighted by Crippen LogP contribution is 2.36. The highest BCUT2D eigenvalue weighted by molar-refractivity contribution is 5.98. The third kappa shape index (κ3) is 4.16. The van der Waals surface area contributed by atoms with Crippen LogP contribution in [0, 0.1) is 5.92 Å². The number of likely N-dealkylation sites (N-methyl/N-ethyl adjacent to an activating group) is 1. The molecule has 0 aliphatic carbocycles. The molecule has 7 heteroatoms. The molecule has 2 atom stereocenters. The Morgan fingerprint density at radius 1 is 1.00 bits per heavy atom. The van der Waals surface area contributed by atoms with Crippen molar-refractivity contribution < 1.29 is 9.59 Å². The van der Waals surface area contributed by atoms with Gasteiger partial charge in [-0.3, -0.25) is 14.4 Å². The highest BCUT2D eigenvalue weighted by Gasteiger charge is 2.37. The van der Waals surface area contributed by atoms with Crippen LogP contribution >= 0.6 is 0 Å². The molecule has 0 radical (unpaired) electrons. The number of aromatic nitrogens is 1. The molecule has 2 aliphatic rings. The van der Waals surface area contributed by atoms with E-state index in [9.17, 15) is 14.4 Å². The maximum Gasteiger partial charge on any atom is 0.274 e. The quantitative estimate of drug-likeness (QED) is 0.672. The van der Waals surface area contributed by atoms with Gasteiger partial charge in [0, 0.05) is 36.8 Å². The standard InChI is InChI=1S/C26H28N4O3/c1-28(2)16-24(31)27-22-9-10-23-21-11-17(14-30(23)26(22)33)13-29(15-21)25(32)20-8-7-18-5-3-4-6-19(18)12-20/h3-10,12,17,21H,11,13-16H2,1-2H3,(H,27,31). The van der Waals surface area contributed by atoms with Crippen molar-refractivity contribution in [2.24, 2.45) is 5.92 Å². The number of carbonyl (C=O) groups is 2. The Labute approximate surface area is 192 Å². The van der Waals surface area contributed by atoms with Gasteiger partial charge in [0.25, 0.3) is 11.5 Å². The fraction of sp³-hybridized carbons (Fsp3) is 0.346. The Morgan fingerprint density at radius 2 is 1.79 bits per heavy atom. The number of nitrogens with one attached hydrogen (secondary N) is 1. The number of hydrogen-bond acceptors (Lipinski definition) is 4. The topological polar surface area (TPSA) is 74.7 Å². The van der Waals surface area contributed by atoms with Crippen molar-refractivity contribution >= 4 is 28.3 Å². The van der Waals surface area contributed by atoms with Crippen LogP contribution in [0.1, 0.15) is 28.4 Å². The van der Waals surface area contributed by atoms with Crippen molar-refractivity contribution in [2.75, 3.05) is 39.0 Å². The van der Waals surface area contributed by atoms with Crippen molar-refractivity contribution in [1.29, 1.82) is 0 Å². The summed E-state index contributed by atoms with van der Waals surface area (Å²) in [5.74, 6) is 0.159. The first-order valence-corrected chi connectivity index (χ1v) is 11.4. The molecule has 3 aromatic rings. The monoisotopic (exact) mass is 444 g/mol. The summed E-state index contributed by atoms with van der Waals surface area (Å²) in [5, 5.41) is 4.92. The van der Waals surface area contributed by atoms with Gasteiger partial charge in [-0.1, -0.05) is 30.3 Å². The predicted octanol–water partition coefficient (Wildman–Crippen LogP) is 2.76. The van der Waals surface area contributed by atoms with E-state index >= 15 is 0 Å². The molecular formula is C26H28N4O3. The molecule has 2 aromatic carbocycles. The SMILES string of the molecule is CN(C)CC(=O)Nc1ccc2n(c1=O)CC1CC2CN(C(=O)c2ccc3ccccc3c2)C1. The molecule has 1 fully saturated rings. The maximum absolute atomic E-state index is 13.3. The molecule has 7 nitrogen and oxygen atoms in total.